The summed E-state index contributed by atoms with van der Waals surface area (Å²) in [6, 6.07) is 3.62. The molecule has 2 aromatic heterocycles. The minimum absolute atomic E-state index is 0.171. The van der Waals surface area contributed by atoms with E-state index in [-0.39, 0.29) is 18.0 Å². The van der Waals surface area contributed by atoms with E-state index >= 15 is 0 Å². The largest absolute Gasteiger partial charge is 0.462 e. The normalized spacial score (nSPS) is 10.2. The van der Waals surface area contributed by atoms with Crippen molar-refractivity contribution in [2.75, 3.05) is 17.7 Å². The molecular formula is C11H13N5O2S. The number of nitrogens with two attached hydrogens (primary N) is 1. The fraction of sp³-hybridized carbons (Fsp3) is 0.273. The van der Waals surface area contributed by atoms with Crippen molar-refractivity contribution < 1.29 is 9.53 Å². The lowest BCUT2D eigenvalue weighted by Gasteiger charge is -2.05. The molecule has 19 heavy (non-hydrogen) atoms. The van der Waals surface area contributed by atoms with Gasteiger partial charge in [0.05, 0.1) is 18.8 Å². The predicted molar refractivity (Wildman–Crippen MR) is 71.8 cm³/mol. The van der Waals surface area contributed by atoms with Crippen LogP contribution in [-0.2, 0) is 11.3 Å². The predicted octanol–water partition coefficient (Wildman–Crippen LogP) is 1.30. The molecule has 0 atom stereocenters. The van der Waals surface area contributed by atoms with Gasteiger partial charge in [0.2, 0.25) is 0 Å². The minimum Gasteiger partial charge on any atom is -0.462 e. The van der Waals surface area contributed by atoms with Crippen molar-refractivity contribution in [3.05, 3.63) is 29.6 Å². The molecule has 0 aliphatic rings. The van der Waals surface area contributed by atoms with E-state index in [1.54, 1.807) is 19.2 Å². The molecule has 0 amide bonds. The summed E-state index contributed by atoms with van der Waals surface area (Å²) in [6.07, 6.45) is 1.60. The number of nitrogens with zero attached hydrogens (tertiary/aromatic N) is 3. The molecule has 8 heteroatoms. The third-order valence-electron chi connectivity index (χ3n) is 2.26. The zero-order valence-electron chi connectivity index (χ0n) is 10.3. The third-order valence-corrected chi connectivity index (χ3v) is 3.07. The molecule has 100 valence electrons. The van der Waals surface area contributed by atoms with Crippen LogP contribution in [0.4, 0.5) is 10.8 Å². The highest BCUT2D eigenvalue weighted by Crippen LogP contribution is 2.27. The van der Waals surface area contributed by atoms with Crippen LogP contribution in [0.2, 0.25) is 0 Å². The van der Waals surface area contributed by atoms with Gasteiger partial charge in [0.25, 0.3) is 0 Å². The van der Waals surface area contributed by atoms with Gasteiger partial charge in [0.1, 0.15) is 10.6 Å². The Morgan fingerprint density at radius 2 is 2.42 bits per heavy atom. The van der Waals surface area contributed by atoms with Crippen molar-refractivity contribution in [2.45, 2.75) is 13.5 Å². The monoisotopic (exact) mass is 279 g/mol. The summed E-state index contributed by atoms with van der Waals surface area (Å²) in [5.41, 5.74) is 6.70. The van der Waals surface area contributed by atoms with Crippen LogP contribution in [0.15, 0.2) is 18.3 Å². The molecule has 0 aliphatic carbocycles. The Morgan fingerprint density at radius 3 is 3.11 bits per heavy atom. The summed E-state index contributed by atoms with van der Waals surface area (Å²) in [6.45, 7) is 2.46. The topological polar surface area (TPSA) is 103 Å². The number of hydrogen-bond donors (Lipinski definition) is 2. The molecule has 2 aromatic rings. The average molecular weight is 279 g/mol. The van der Waals surface area contributed by atoms with Crippen molar-refractivity contribution in [2.24, 2.45) is 0 Å². The average Bonchev–Trinajstić information content (AvgIpc) is 2.79. The Bertz CT molecular complexity index is 557. The summed E-state index contributed by atoms with van der Waals surface area (Å²) in [4.78, 5) is 11.8. The summed E-state index contributed by atoms with van der Waals surface area (Å²) in [7, 11) is 0. The summed E-state index contributed by atoms with van der Waals surface area (Å²) in [5, 5.41) is 11.3. The van der Waals surface area contributed by atoms with Crippen molar-refractivity contribution in [3.8, 4) is 0 Å². The number of esters is 1. The first kappa shape index (κ1) is 13.2. The Labute approximate surface area is 114 Å². The van der Waals surface area contributed by atoms with E-state index in [9.17, 15) is 4.79 Å². The molecule has 0 spiro atoms. The molecule has 7 nitrogen and oxygen atoms in total. The van der Waals surface area contributed by atoms with Gasteiger partial charge in [0.15, 0.2) is 5.82 Å². The molecule has 3 N–H and O–H groups in total. The number of rotatable bonds is 5. The minimum atomic E-state index is -0.476. The van der Waals surface area contributed by atoms with Crippen molar-refractivity contribution in [3.63, 3.8) is 0 Å². The summed E-state index contributed by atoms with van der Waals surface area (Å²) >= 11 is 1.11. The van der Waals surface area contributed by atoms with Crippen LogP contribution in [-0.4, -0.2) is 27.1 Å². The van der Waals surface area contributed by atoms with Gasteiger partial charge in [-0.2, -0.15) is 14.6 Å². The molecule has 0 saturated heterocycles. The van der Waals surface area contributed by atoms with Gasteiger partial charge in [-0.15, -0.1) is 0 Å². The highest BCUT2D eigenvalue weighted by molar-refractivity contribution is 7.11. The SMILES string of the molecule is CCOC(=O)c1c(N)nsc1NCc1cccnn1. The zero-order valence-corrected chi connectivity index (χ0v) is 11.1. The van der Waals surface area contributed by atoms with Gasteiger partial charge in [-0.25, -0.2) is 4.79 Å². The molecule has 2 heterocycles. The first-order valence-electron chi connectivity index (χ1n) is 5.65. The Balaban J connectivity index is 2.11. The Morgan fingerprint density at radius 1 is 1.58 bits per heavy atom. The first-order chi connectivity index (χ1) is 9.22. The zero-order chi connectivity index (χ0) is 13.7. The van der Waals surface area contributed by atoms with Gasteiger partial charge in [-0.05, 0) is 30.6 Å². The summed E-state index contributed by atoms with van der Waals surface area (Å²) in [5.74, 6) is -0.305. The number of hydrogen-bond acceptors (Lipinski definition) is 8. The lowest BCUT2D eigenvalue weighted by atomic mass is 10.3. The van der Waals surface area contributed by atoms with Crippen LogP contribution >= 0.6 is 11.5 Å². The van der Waals surface area contributed by atoms with Gasteiger partial charge < -0.3 is 15.8 Å². The van der Waals surface area contributed by atoms with Crippen molar-refractivity contribution >= 4 is 28.3 Å². The van der Waals surface area contributed by atoms with Crippen LogP contribution in [0, 0.1) is 0 Å². The highest BCUT2D eigenvalue weighted by Gasteiger charge is 2.20. The second-order valence-corrected chi connectivity index (χ2v) is 4.33. The van der Waals surface area contributed by atoms with Gasteiger partial charge in [-0.3, -0.25) is 0 Å². The smallest absolute Gasteiger partial charge is 0.344 e. The van der Waals surface area contributed by atoms with E-state index < -0.39 is 5.97 Å². The van der Waals surface area contributed by atoms with Crippen LogP contribution in [0.1, 0.15) is 23.0 Å². The number of carbonyl (C=O) groups excluding carboxylic acids is 1. The second-order valence-electron chi connectivity index (χ2n) is 3.56. The molecule has 0 fully saturated rings. The lowest BCUT2D eigenvalue weighted by Crippen LogP contribution is -2.10. The van der Waals surface area contributed by atoms with E-state index in [1.807, 2.05) is 6.07 Å². The number of nitrogens with one attached hydrogen (secondary N) is 1. The van der Waals surface area contributed by atoms with Crippen LogP contribution in [0.25, 0.3) is 0 Å². The fourth-order valence-corrected chi connectivity index (χ4v) is 2.12. The van der Waals surface area contributed by atoms with Gasteiger partial charge >= 0.3 is 5.97 Å². The third kappa shape index (κ3) is 3.16. The quantitative estimate of drug-likeness (QED) is 0.795. The van der Waals surface area contributed by atoms with Gasteiger partial charge in [0, 0.05) is 6.20 Å². The number of anilines is 2. The maximum Gasteiger partial charge on any atom is 0.344 e. The van der Waals surface area contributed by atoms with E-state index in [0.29, 0.717) is 11.5 Å². The molecule has 0 aliphatic heterocycles. The molecule has 0 bridgehead atoms. The van der Waals surface area contributed by atoms with Crippen LogP contribution < -0.4 is 11.1 Å². The Hall–Kier alpha value is -2.22. The highest BCUT2D eigenvalue weighted by atomic mass is 32.1. The van der Waals surface area contributed by atoms with E-state index in [4.69, 9.17) is 10.5 Å². The molecule has 0 aromatic carbocycles. The number of aromatic nitrogens is 3. The van der Waals surface area contributed by atoms with Crippen LogP contribution in [0.5, 0.6) is 0 Å². The van der Waals surface area contributed by atoms with E-state index in [2.05, 4.69) is 19.9 Å². The second kappa shape index (κ2) is 6.10. The lowest BCUT2D eigenvalue weighted by molar-refractivity contribution is 0.0529. The molecule has 2 rings (SSSR count). The van der Waals surface area contributed by atoms with Crippen LogP contribution in [0.3, 0.4) is 0 Å². The standard InChI is InChI=1S/C11H13N5O2S/c1-2-18-11(17)8-9(12)16-19-10(8)13-6-7-4-3-5-14-15-7/h3-5,13H,2,6H2,1H3,(H2,12,16). The number of nitrogen functional groups attached to an aromatic ring is 1. The molecular weight excluding hydrogens is 266 g/mol. The maximum absolute atomic E-state index is 11.8. The number of carbonyl (C=O) groups is 1. The van der Waals surface area contributed by atoms with E-state index in [0.717, 1.165) is 17.2 Å². The van der Waals surface area contributed by atoms with Crippen molar-refractivity contribution in [1.29, 1.82) is 0 Å². The van der Waals surface area contributed by atoms with Crippen molar-refractivity contribution in [1.82, 2.24) is 14.6 Å². The molecule has 0 unspecified atom stereocenters. The summed E-state index contributed by atoms with van der Waals surface area (Å²) < 4.78 is 8.89. The first-order valence-corrected chi connectivity index (χ1v) is 6.42. The molecule has 0 radical (unpaired) electrons. The van der Waals surface area contributed by atoms with E-state index in [1.165, 1.54) is 0 Å². The Kier molecular flexibility index (Phi) is 4.24. The number of ether oxygens (including phenoxy) is 1. The fourth-order valence-electron chi connectivity index (χ4n) is 1.42. The molecule has 0 saturated carbocycles. The maximum atomic E-state index is 11.8. The van der Waals surface area contributed by atoms with Gasteiger partial charge in [-0.1, -0.05) is 0 Å².